The van der Waals surface area contributed by atoms with E-state index in [1.165, 1.54) is 0 Å². The Labute approximate surface area is 163 Å². The van der Waals surface area contributed by atoms with Crippen LogP contribution in [-0.4, -0.2) is 10.8 Å². The summed E-state index contributed by atoms with van der Waals surface area (Å²) < 4.78 is 0. The molecule has 136 valence electrons. The van der Waals surface area contributed by atoms with Crippen LogP contribution < -0.4 is 11.5 Å². The Morgan fingerprint density at radius 2 is 1.75 bits per heavy atom. The average Bonchev–Trinajstić information content (AvgIpc) is 2.70. The fraction of sp³-hybridized carbons (Fsp3) is 0.0909. The van der Waals surface area contributed by atoms with Gasteiger partial charge in [0.2, 0.25) is 0 Å². The van der Waals surface area contributed by atoms with Gasteiger partial charge in [0.05, 0.1) is 46.4 Å². The van der Waals surface area contributed by atoms with Gasteiger partial charge in [0.15, 0.2) is 0 Å². The van der Waals surface area contributed by atoms with E-state index in [2.05, 4.69) is 9.98 Å². The molecule has 0 aliphatic rings. The first-order valence-electron chi connectivity index (χ1n) is 8.61. The van der Waals surface area contributed by atoms with Gasteiger partial charge in [0.1, 0.15) is 11.9 Å². The minimum atomic E-state index is -0.0256. The molecule has 0 radical (unpaired) electrons. The Hall–Kier alpha value is -4.16. The monoisotopic (exact) mass is 366 g/mol. The molecule has 6 nitrogen and oxygen atoms in total. The fourth-order valence-corrected chi connectivity index (χ4v) is 2.86. The number of amidine groups is 1. The average molecular weight is 366 g/mol. The first-order valence-corrected chi connectivity index (χ1v) is 8.61. The lowest BCUT2D eigenvalue weighted by Gasteiger charge is -2.15. The van der Waals surface area contributed by atoms with Crippen LogP contribution >= 0.6 is 0 Å². The van der Waals surface area contributed by atoms with Gasteiger partial charge in [-0.2, -0.15) is 10.5 Å². The van der Waals surface area contributed by atoms with Crippen LogP contribution in [0.4, 0.5) is 11.4 Å². The molecule has 0 amide bonds. The normalized spacial score (nSPS) is 10.9. The van der Waals surface area contributed by atoms with E-state index in [4.69, 9.17) is 16.7 Å². The largest absolute Gasteiger partial charge is 0.397 e. The lowest BCUT2D eigenvalue weighted by Crippen LogP contribution is -2.19. The number of hydrogen-bond donors (Lipinski definition) is 2. The van der Waals surface area contributed by atoms with Crippen LogP contribution in [0.5, 0.6) is 0 Å². The molecule has 0 spiro atoms. The highest BCUT2D eigenvalue weighted by atomic mass is 14.9. The highest BCUT2D eigenvalue weighted by Gasteiger charge is 2.21. The molecule has 0 bridgehead atoms. The van der Waals surface area contributed by atoms with Crippen LogP contribution in [0.3, 0.4) is 0 Å². The molecule has 3 aromatic rings. The molecule has 0 atom stereocenters. The van der Waals surface area contributed by atoms with Crippen LogP contribution in [0.15, 0.2) is 59.6 Å². The summed E-state index contributed by atoms with van der Waals surface area (Å²) in [5.41, 5.74) is 16.7. The Morgan fingerprint density at radius 1 is 1.07 bits per heavy atom. The Morgan fingerprint density at radius 3 is 2.36 bits per heavy atom. The molecule has 0 aliphatic carbocycles. The number of benzene rings is 2. The Bertz CT molecular complexity index is 1120. The molecule has 0 unspecified atom stereocenters. The maximum Gasteiger partial charge on any atom is 0.135 e. The van der Waals surface area contributed by atoms with Crippen molar-refractivity contribution in [2.24, 2.45) is 10.7 Å². The number of nitriles is 2. The van der Waals surface area contributed by atoms with Crippen LogP contribution in [0.1, 0.15) is 22.4 Å². The molecule has 0 saturated carbocycles. The molecular weight excluding hydrogens is 348 g/mol. The molecule has 0 aliphatic heterocycles. The van der Waals surface area contributed by atoms with Crippen molar-refractivity contribution in [3.05, 3.63) is 77.0 Å². The molecule has 0 fully saturated rings. The lowest BCUT2D eigenvalue weighted by molar-refractivity contribution is 1.10. The molecule has 4 N–H and O–H groups in total. The lowest BCUT2D eigenvalue weighted by atomic mass is 9.98. The zero-order valence-electron chi connectivity index (χ0n) is 15.3. The summed E-state index contributed by atoms with van der Waals surface area (Å²) >= 11 is 0. The third-order valence-corrected chi connectivity index (χ3v) is 4.26. The maximum atomic E-state index is 9.55. The van der Waals surface area contributed by atoms with E-state index in [0.717, 1.165) is 11.1 Å². The molecule has 2 aromatic carbocycles. The number of anilines is 1. The molecule has 3 rings (SSSR count). The van der Waals surface area contributed by atoms with E-state index < -0.39 is 0 Å². The van der Waals surface area contributed by atoms with Crippen molar-refractivity contribution in [3.8, 4) is 23.4 Å². The predicted molar refractivity (Wildman–Crippen MR) is 110 cm³/mol. The summed E-state index contributed by atoms with van der Waals surface area (Å²) in [6.07, 6.45) is -0.0256. The van der Waals surface area contributed by atoms with Gasteiger partial charge in [0.25, 0.3) is 0 Å². The zero-order chi connectivity index (χ0) is 20.1. The summed E-state index contributed by atoms with van der Waals surface area (Å²) in [6, 6.07) is 21.0. The van der Waals surface area contributed by atoms with Crippen molar-refractivity contribution in [1.82, 2.24) is 4.98 Å². The van der Waals surface area contributed by atoms with Crippen molar-refractivity contribution < 1.29 is 0 Å². The van der Waals surface area contributed by atoms with Gasteiger partial charge in [-0.1, -0.05) is 48.0 Å². The number of hydrogen-bond acceptors (Lipinski definition) is 5. The highest BCUT2D eigenvalue weighted by Crippen LogP contribution is 2.31. The second kappa shape index (κ2) is 8.03. The zero-order valence-corrected chi connectivity index (χ0v) is 15.3. The van der Waals surface area contributed by atoms with E-state index in [1.807, 2.05) is 73.7 Å². The number of aromatic nitrogens is 1. The van der Waals surface area contributed by atoms with Gasteiger partial charge >= 0.3 is 0 Å². The van der Waals surface area contributed by atoms with E-state index in [0.29, 0.717) is 22.6 Å². The van der Waals surface area contributed by atoms with Crippen LogP contribution in [0.2, 0.25) is 0 Å². The summed E-state index contributed by atoms with van der Waals surface area (Å²) in [7, 11) is 0. The number of nitrogens with two attached hydrogens (primary N) is 2. The van der Waals surface area contributed by atoms with Crippen LogP contribution in [-0.2, 0) is 6.42 Å². The van der Waals surface area contributed by atoms with Crippen molar-refractivity contribution in [1.29, 1.82) is 10.5 Å². The van der Waals surface area contributed by atoms with Crippen molar-refractivity contribution in [3.63, 3.8) is 0 Å². The number of nitrogens with zero attached hydrogens (tertiary/aromatic N) is 4. The standard InChI is InChI=1S/C22H18N6/c1-14-7-9-16(10-8-14)27-22(26)19-20(25)17(13-24)18(11-12-23)28-21(19)15-5-3-2-4-6-15/h2-10H,11H2,1H3,(H2,25,28)(H2,26,27). The van der Waals surface area contributed by atoms with Crippen LogP contribution in [0.25, 0.3) is 11.3 Å². The van der Waals surface area contributed by atoms with Gasteiger partial charge in [-0.05, 0) is 19.1 Å². The molecular formula is C22H18N6. The summed E-state index contributed by atoms with van der Waals surface area (Å²) in [6.45, 7) is 1.99. The van der Waals surface area contributed by atoms with E-state index >= 15 is 0 Å². The van der Waals surface area contributed by atoms with E-state index in [1.54, 1.807) is 0 Å². The summed E-state index contributed by atoms with van der Waals surface area (Å²) in [4.78, 5) is 9.02. The predicted octanol–water partition coefficient (Wildman–Crippen LogP) is 3.61. The van der Waals surface area contributed by atoms with Crippen molar-refractivity contribution in [2.45, 2.75) is 13.3 Å². The maximum absolute atomic E-state index is 9.55. The summed E-state index contributed by atoms with van der Waals surface area (Å²) in [5.74, 6) is 0.160. The molecule has 1 aromatic heterocycles. The number of nitrogen functional groups attached to an aromatic ring is 1. The van der Waals surface area contributed by atoms with Gasteiger partial charge in [-0.15, -0.1) is 0 Å². The number of aryl methyl sites for hydroxylation is 1. The third-order valence-electron chi connectivity index (χ3n) is 4.26. The topological polar surface area (TPSA) is 125 Å². The summed E-state index contributed by atoms with van der Waals surface area (Å²) in [5, 5.41) is 18.7. The quantitative estimate of drug-likeness (QED) is 0.539. The minimum absolute atomic E-state index is 0.0256. The van der Waals surface area contributed by atoms with Gasteiger partial charge in [0, 0.05) is 5.56 Å². The second-order valence-corrected chi connectivity index (χ2v) is 6.22. The molecule has 1 heterocycles. The van der Waals surface area contributed by atoms with E-state index in [9.17, 15) is 5.26 Å². The molecule has 28 heavy (non-hydrogen) atoms. The fourth-order valence-electron chi connectivity index (χ4n) is 2.86. The van der Waals surface area contributed by atoms with Crippen LogP contribution in [0, 0.1) is 29.6 Å². The third kappa shape index (κ3) is 3.67. The Kier molecular flexibility index (Phi) is 5.34. The van der Waals surface area contributed by atoms with Crippen molar-refractivity contribution in [2.75, 3.05) is 5.73 Å². The van der Waals surface area contributed by atoms with Crippen molar-refractivity contribution >= 4 is 17.2 Å². The number of aliphatic imine (C=N–C) groups is 1. The van der Waals surface area contributed by atoms with Gasteiger partial charge in [-0.25, -0.2) is 9.98 Å². The second-order valence-electron chi connectivity index (χ2n) is 6.22. The first-order chi connectivity index (χ1) is 13.5. The SMILES string of the molecule is Cc1ccc(N=C(N)c2c(-c3ccccc3)nc(CC#N)c(C#N)c2N)cc1. The number of rotatable bonds is 4. The first kappa shape index (κ1) is 18.6. The molecule has 0 saturated heterocycles. The molecule has 6 heteroatoms. The van der Waals surface area contributed by atoms with Gasteiger partial charge in [-0.3, -0.25) is 0 Å². The van der Waals surface area contributed by atoms with E-state index in [-0.39, 0.29) is 23.5 Å². The smallest absolute Gasteiger partial charge is 0.135 e. The number of pyridine rings is 1. The Balaban J connectivity index is 2.27. The van der Waals surface area contributed by atoms with Gasteiger partial charge < -0.3 is 11.5 Å². The highest BCUT2D eigenvalue weighted by molar-refractivity contribution is 6.09. The minimum Gasteiger partial charge on any atom is -0.397 e.